The van der Waals surface area contributed by atoms with Crippen molar-refractivity contribution in [1.29, 1.82) is 0 Å². The Hall–Kier alpha value is -0.910. The normalized spacial score (nSPS) is 13.0. The summed E-state index contributed by atoms with van der Waals surface area (Å²) in [6.45, 7) is 1.11. The van der Waals surface area contributed by atoms with Gasteiger partial charge >= 0.3 is 12.1 Å². The molecule has 0 N–H and O–H groups in total. The van der Waals surface area contributed by atoms with Gasteiger partial charge in [0.05, 0.1) is 5.56 Å². The van der Waals surface area contributed by atoms with Gasteiger partial charge in [-0.15, -0.1) is 0 Å². The summed E-state index contributed by atoms with van der Waals surface area (Å²) in [5, 5.41) is -0.130. The Balaban J connectivity index is 3.28. The fourth-order valence-electron chi connectivity index (χ4n) is 1.00. The molecule has 0 fully saturated rings. The average molecular weight is 246 g/mol. The highest BCUT2D eigenvalue weighted by molar-refractivity contribution is 6.29. The lowest BCUT2D eigenvalue weighted by Crippen LogP contribution is -2.34. The van der Waals surface area contributed by atoms with Gasteiger partial charge in [-0.05, 0) is 18.6 Å². The number of nitrogens with zero attached hydrogens (tertiary/aromatic N) is 1. The van der Waals surface area contributed by atoms with Crippen LogP contribution >= 0.6 is 11.6 Å². The summed E-state index contributed by atoms with van der Waals surface area (Å²) >= 11 is 5.34. The quantitative estimate of drug-likeness (QED) is 0.543. The van der Waals surface area contributed by atoms with Gasteiger partial charge in [0.25, 0.3) is 0 Å². The second-order valence-corrected chi connectivity index (χ2v) is 3.28. The molecular formula is C8H5ClF5N. The van der Waals surface area contributed by atoms with Crippen LogP contribution in [0.3, 0.4) is 0 Å². The fraction of sp³-hybridized carbons (Fsp3) is 0.375. The van der Waals surface area contributed by atoms with Gasteiger partial charge in [-0.1, -0.05) is 11.6 Å². The Bertz CT molecular complexity index is 374. The SMILES string of the molecule is Cc1cc(Cl)ncc1C(F)(F)C(F)(F)F. The fourth-order valence-corrected chi connectivity index (χ4v) is 1.22. The topological polar surface area (TPSA) is 12.9 Å². The molecule has 0 atom stereocenters. The number of hydrogen-bond acceptors (Lipinski definition) is 1. The highest BCUT2D eigenvalue weighted by atomic mass is 35.5. The van der Waals surface area contributed by atoms with E-state index in [4.69, 9.17) is 11.6 Å². The smallest absolute Gasteiger partial charge is 0.244 e. The Morgan fingerprint density at radius 2 is 1.73 bits per heavy atom. The summed E-state index contributed by atoms with van der Waals surface area (Å²) in [5.41, 5.74) is -1.43. The molecule has 15 heavy (non-hydrogen) atoms. The van der Waals surface area contributed by atoms with Crippen LogP contribution in [0.4, 0.5) is 22.0 Å². The molecule has 7 heteroatoms. The van der Waals surface area contributed by atoms with Crippen LogP contribution in [0.15, 0.2) is 12.3 Å². The van der Waals surface area contributed by atoms with Crippen molar-refractivity contribution in [2.45, 2.75) is 19.0 Å². The van der Waals surface area contributed by atoms with E-state index in [-0.39, 0.29) is 10.7 Å². The minimum atomic E-state index is -5.63. The van der Waals surface area contributed by atoms with Crippen molar-refractivity contribution in [1.82, 2.24) is 4.98 Å². The summed E-state index contributed by atoms with van der Waals surface area (Å²) in [5.74, 6) is -4.91. The van der Waals surface area contributed by atoms with Crippen LogP contribution in [0.25, 0.3) is 0 Å². The van der Waals surface area contributed by atoms with Crippen LogP contribution < -0.4 is 0 Å². The summed E-state index contributed by atoms with van der Waals surface area (Å²) in [6, 6.07) is 0.955. The van der Waals surface area contributed by atoms with Crippen molar-refractivity contribution in [2.75, 3.05) is 0 Å². The molecular weight excluding hydrogens is 241 g/mol. The van der Waals surface area contributed by atoms with E-state index < -0.39 is 17.7 Å². The van der Waals surface area contributed by atoms with Crippen LogP contribution in [0.2, 0.25) is 5.15 Å². The van der Waals surface area contributed by atoms with E-state index in [2.05, 4.69) is 4.98 Å². The van der Waals surface area contributed by atoms with E-state index >= 15 is 0 Å². The van der Waals surface area contributed by atoms with E-state index in [1.807, 2.05) is 0 Å². The molecule has 84 valence electrons. The van der Waals surface area contributed by atoms with Crippen LogP contribution in [-0.4, -0.2) is 11.2 Å². The molecule has 1 aromatic heterocycles. The van der Waals surface area contributed by atoms with Crippen LogP contribution in [0.1, 0.15) is 11.1 Å². The first-order chi connectivity index (χ1) is 6.66. The number of aromatic nitrogens is 1. The molecule has 1 aromatic rings. The zero-order valence-electron chi connectivity index (χ0n) is 7.37. The average Bonchev–Trinajstić information content (AvgIpc) is 2.00. The molecule has 0 aliphatic rings. The third-order valence-corrected chi connectivity index (χ3v) is 1.98. The zero-order chi connectivity index (χ0) is 11.9. The lowest BCUT2D eigenvalue weighted by Gasteiger charge is -2.21. The number of alkyl halides is 5. The number of aryl methyl sites for hydroxylation is 1. The van der Waals surface area contributed by atoms with Gasteiger partial charge in [0.15, 0.2) is 0 Å². The molecule has 0 aromatic carbocycles. The molecule has 0 saturated heterocycles. The molecule has 0 aliphatic carbocycles. The van der Waals surface area contributed by atoms with Crippen molar-refractivity contribution in [3.8, 4) is 0 Å². The van der Waals surface area contributed by atoms with E-state index in [9.17, 15) is 22.0 Å². The van der Waals surface area contributed by atoms with Crippen molar-refractivity contribution in [2.24, 2.45) is 0 Å². The third-order valence-electron chi connectivity index (χ3n) is 1.77. The third kappa shape index (κ3) is 2.19. The monoisotopic (exact) mass is 245 g/mol. The Morgan fingerprint density at radius 3 is 2.13 bits per heavy atom. The van der Waals surface area contributed by atoms with Crippen LogP contribution in [-0.2, 0) is 5.92 Å². The summed E-state index contributed by atoms with van der Waals surface area (Å²) in [6.07, 6.45) is -5.20. The van der Waals surface area contributed by atoms with Gasteiger partial charge < -0.3 is 0 Å². The summed E-state index contributed by atoms with van der Waals surface area (Å²) in [4.78, 5) is 3.21. The van der Waals surface area contributed by atoms with E-state index in [0.29, 0.717) is 6.20 Å². The van der Waals surface area contributed by atoms with E-state index in [1.165, 1.54) is 0 Å². The van der Waals surface area contributed by atoms with Gasteiger partial charge in [-0.2, -0.15) is 22.0 Å². The van der Waals surface area contributed by atoms with Gasteiger partial charge in [0, 0.05) is 6.20 Å². The lowest BCUT2D eigenvalue weighted by atomic mass is 10.1. The highest BCUT2D eigenvalue weighted by Gasteiger charge is 2.59. The molecule has 0 amide bonds. The van der Waals surface area contributed by atoms with Crippen LogP contribution in [0, 0.1) is 6.92 Å². The highest BCUT2D eigenvalue weighted by Crippen LogP contribution is 2.44. The maximum absolute atomic E-state index is 12.8. The Kier molecular flexibility index (Phi) is 2.91. The molecule has 1 rings (SSSR count). The van der Waals surface area contributed by atoms with Crippen molar-refractivity contribution < 1.29 is 22.0 Å². The number of halogens is 6. The number of pyridine rings is 1. The lowest BCUT2D eigenvalue weighted by molar-refractivity contribution is -0.289. The predicted octanol–water partition coefficient (Wildman–Crippen LogP) is 3.70. The first kappa shape index (κ1) is 12.2. The minimum absolute atomic E-state index is 0.130. The Morgan fingerprint density at radius 1 is 1.20 bits per heavy atom. The molecule has 0 radical (unpaired) electrons. The molecule has 1 nitrogen and oxygen atoms in total. The van der Waals surface area contributed by atoms with Gasteiger partial charge in [-0.3, -0.25) is 0 Å². The molecule has 0 bridgehead atoms. The minimum Gasteiger partial charge on any atom is -0.244 e. The maximum atomic E-state index is 12.8. The van der Waals surface area contributed by atoms with Gasteiger partial charge in [0.1, 0.15) is 5.15 Å². The molecule has 0 unspecified atom stereocenters. The van der Waals surface area contributed by atoms with E-state index in [0.717, 1.165) is 13.0 Å². The van der Waals surface area contributed by atoms with Gasteiger partial charge in [-0.25, -0.2) is 4.98 Å². The molecule has 0 aliphatic heterocycles. The number of hydrogen-bond donors (Lipinski definition) is 0. The zero-order valence-corrected chi connectivity index (χ0v) is 8.13. The summed E-state index contributed by atoms with van der Waals surface area (Å²) in [7, 11) is 0. The molecule has 1 heterocycles. The second kappa shape index (κ2) is 3.59. The number of rotatable bonds is 1. The first-order valence-electron chi connectivity index (χ1n) is 3.73. The predicted molar refractivity (Wildman–Crippen MR) is 43.9 cm³/mol. The van der Waals surface area contributed by atoms with Gasteiger partial charge in [0.2, 0.25) is 0 Å². The van der Waals surface area contributed by atoms with Crippen molar-refractivity contribution in [3.05, 3.63) is 28.5 Å². The first-order valence-corrected chi connectivity index (χ1v) is 4.11. The van der Waals surface area contributed by atoms with Crippen LogP contribution in [0.5, 0.6) is 0 Å². The van der Waals surface area contributed by atoms with E-state index in [1.54, 1.807) is 0 Å². The molecule has 0 saturated carbocycles. The van der Waals surface area contributed by atoms with Crippen molar-refractivity contribution >= 4 is 11.6 Å². The second-order valence-electron chi connectivity index (χ2n) is 2.89. The Labute approximate surface area is 86.9 Å². The largest absolute Gasteiger partial charge is 0.458 e. The van der Waals surface area contributed by atoms with Crippen molar-refractivity contribution in [3.63, 3.8) is 0 Å². The maximum Gasteiger partial charge on any atom is 0.458 e. The summed E-state index contributed by atoms with van der Waals surface area (Å²) < 4.78 is 61.7. The standard InChI is InChI=1S/C8H5ClF5N/c1-4-2-6(9)15-3-5(4)7(10,11)8(12,13)14/h2-3H,1H3. The molecule has 0 spiro atoms.